The summed E-state index contributed by atoms with van der Waals surface area (Å²) in [6.45, 7) is 3.98. The van der Waals surface area contributed by atoms with Crippen molar-refractivity contribution in [3.8, 4) is 5.75 Å². The van der Waals surface area contributed by atoms with Gasteiger partial charge in [-0.3, -0.25) is 4.99 Å². The lowest BCUT2D eigenvalue weighted by molar-refractivity contribution is 0.0243. The van der Waals surface area contributed by atoms with Crippen molar-refractivity contribution in [1.82, 2.24) is 10.6 Å². The first kappa shape index (κ1) is 19.0. The molecular weight excluding hydrogens is 400 g/mol. The maximum Gasteiger partial charge on any atom is 0.191 e. The predicted octanol–water partition coefficient (Wildman–Crippen LogP) is 2.38. The molecule has 7 heteroatoms. The number of hydrogen-bond acceptors (Lipinski definition) is 3. The molecule has 1 aliphatic heterocycles. The third-order valence-electron chi connectivity index (χ3n) is 3.63. The van der Waals surface area contributed by atoms with E-state index in [1.807, 2.05) is 0 Å². The van der Waals surface area contributed by atoms with Crippen LogP contribution in [-0.4, -0.2) is 36.9 Å². The topological polar surface area (TPSA) is 65.9 Å². The highest BCUT2D eigenvalue weighted by Gasteiger charge is 2.29. The van der Waals surface area contributed by atoms with Gasteiger partial charge in [0, 0.05) is 26.7 Å². The van der Waals surface area contributed by atoms with Gasteiger partial charge in [-0.1, -0.05) is 6.07 Å². The van der Waals surface area contributed by atoms with Crippen LogP contribution in [0.1, 0.15) is 25.3 Å². The molecule has 1 unspecified atom stereocenters. The van der Waals surface area contributed by atoms with Gasteiger partial charge >= 0.3 is 0 Å². The molecule has 1 atom stereocenters. The van der Waals surface area contributed by atoms with Crippen molar-refractivity contribution in [1.29, 1.82) is 0 Å². The van der Waals surface area contributed by atoms with Crippen LogP contribution in [0, 0.1) is 5.82 Å². The lowest BCUT2D eigenvalue weighted by Gasteiger charge is -2.24. The van der Waals surface area contributed by atoms with Crippen LogP contribution in [0.3, 0.4) is 0 Å². The average molecular weight is 423 g/mol. The van der Waals surface area contributed by atoms with Crippen molar-refractivity contribution >= 4 is 29.9 Å². The largest absolute Gasteiger partial charge is 0.505 e. The van der Waals surface area contributed by atoms with Gasteiger partial charge in [-0.05, 0) is 37.5 Å². The molecule has 5 nitrogen and oxygen atoms in total. The van der Waals surface area contributed by atoms with E-state index in [1.54, 1.807) is 13.1 Å². The first-order chi connectivity index (χ1) is 10.0. The molecule has 1 aromatic rings. The van der Waals surface area contributed by atoms with Gasteiger partial charge in [-0.25, -0.2) is 4.39 Å². The third-order valence-corrected chi connectivity index (χ3v) is 3.63. The summed E-state index contributed by atoms with van der Waals surface area (Å²) in [4.78, 5) is 4.13. The Morgan fingerprint density at radius 2 is 2.23 bits per heavy atom. The van der Waals surface area contributed by atoms with Crippen LogP contribution in [0.2, 0.25) is 0 Å². The van der Waals surface area contributed by atoms with Crippen molar-refractivity contribution in [3.05, 3.63) is 29.6 Å². The molecule has 0 saturated carbocycles. The zero-order chi connectivity index (χ0) is 15.3. The van der Waals surface area contributed by atoms with Crippen LogP contribution in [0.4, 0.5) is 4.39 Å². The minimum atomic E-state index is -0.621. The Labute approximate surface area is 147 Å². The second-order valence-electron chi connectivity index (χ2n) is 5.47. The van der Waals surface area contributed by atoms with Gasteiger partial charge in [0.25, 0.3) is 0 Å². The Hall–Kier alpha value is -1.09. The Morgan fingerprint density at radius 3 is 2.82 bits per heavy atom. The number of ether oxygens (including phenoxy) is 1. The Balaban J connectivity index is 0.00000242. The average Bonchev–Trinajstić information content (AvgIpc) is 2.90. The van der Waals surface area contributed by atoms with Gasteiger partial charge in [-0.15, -0.1) is 24.0 Å². The van der Waals surface area contributed by atoms with Gasteiger partial charge in [0.1, 0.15) is 0 Å². The van der Waals surface area contributed by atoms with E-state index < -0.39 is 5.82 Å². The molecule has 0 aliphatic carbocycles. The maximum absolute atomic E-state index is 13.2. The van der Waals surface area contributed by atoms with Crippen LogP contribution in [0.25, 0.3) is 0 Å². The molecule has 0 spiro atoms. The van der Waals surface area contributed by atoms with E-state index >= 15 is 0 Å². The van der Waals surface area contributed by atoms with E-state index in [9.17, 15) is 4.39 Å². The fraction of sp³-hybridized carbons (Fsp3) is 0.533. The number of halogens is 2. The second kappa shape index (κ2) is 8.52. The van der Waals surface area contributed by atoms with E-state index in [4.69, 9.17) is 9.84 Å². The lowest BCUT2D eigenvalue weighted by atomic mass is 10.0. The van der Waals surface area contributed by atoms with Crippen molar-refractivity contribution < 1.29 is 14.2 Å². The maximum atomic E-state index is 13.2. The molecule has 0 aromatic heterocycles. The summed E-state index contributed by atoms with van der Waals surface area (Å²) in [5.41, 5.74) is 0.582. The Kier molecular flexibility index (Phi) is 7.34. The lowest BCUT2D eigenvalue weighted by Crippen LogP contribution is -2.45. The number of rotatable bonds is 4. The fourth-order valence-corrected chi connectivity index (χ4v) is 2.31. The van der Waals surface area contributed by atoms with Crippen LogP contribution in [0.15, 0.2) is 23.2 Å². The molecule has 0 amide bonds. The number of nitrogens with one attached hydrogen (secondary N) is 2. The third kappa shape index (κ3) is 5.28. The van der Waals surface area contributed by atoms with Gasteiger partial charge in [0.05, 0.1) is 5.60 Å². The van der Waals surface area contributed by atoms with Gasteiger partial charge in [0.2, 0.25) is 0 Å². The number of guanidine groups is 1. The normalized spacial score (nSPS) is 21.3. The molecule has 3 N–H and O–H groups in total. The van der Waals surface area contributed by atoms with Crippen molar-refractivity contribution in [2.24, 2.45) is 4.99 Å². The Bertz CT molecular complexity index is 520. The summed E-state index contributed by atoms with van der Waals surface area (Å²) in [5.74, 6) is -0.322. The van der Waals surface area contributed by atoms with E-state index in [-0.39, 0.29) is 35.3 Å². The Morgan fingerprint density at radius 1 is 1.45 bits per heavy atom. The second-order valence-corrected chi connectivity index (χ2v) is 5.47. The minimum Gasteiger partial charge on any atom is -0.505 e. The molecule has 1 aromatic carbocycles. The molecule has 1 fully saturated rings. The van der Waals surface area contributed by atoms with Crippen molar-refractivity contribution in [2.75, 3.05) is 20.2 Å². The highest BCUT2D eigenvalue weighted by atomic mass is 127. The number of benzene rings is 1. The summed E-state index contributed by atoms with van der Waals surface area (Å²) in [7, 11) is 1.69. The molecule has 1 saturated heterocycles. The zero-order valence-electron chi connectivity index (χ0n) is 12.9. The standard InChI is InChI=1S/C15H22FN3O2.HI/c1-15(6-3-7-21-15)10-19-14(17-2)18-9-11-4-5-13(20)12(16)8-11;/h4-5,8,20H,3,6-7,9-10H2,1-2H3,(H2,17,18,19);1H. The fourth-order valence-electron chi connectivity index (χ4n) is 2.31. The molecule has 1 aliphatic rings. The molecule has 1 heterocycles. The smallest absolute Gasteiger partial charge is 0.191 e. The van der Waals surface area contributed by atoms with E-state index in [1.165, 1.54) is 12.1 Å². The summed E-state index contributed by atoms with van der Waals surface area (Å²) in [5, 5.41) is 15.5. The number of hydrogen-bond donors (Lipinski definition) is 3. The molecular formula is C15H23FIN3O2. The van der Waals surface area contributed by atoms with Gasteiger partial charge < -0.3 is 20.5 Å². The highest BCUT2D eigenvalue weighted by Crippen LogP contribution is 2.23. The quantitative estimate of drug-likeness (QED) is 0.396. The summed E-state index contributed by atoms with van der Waals surface area (Å²) < 4.78 is 19.0. The van der Waals surface area contributed by atoms with E-state index in [0.29, 0.717) is 19.0 Å². The molecule has 2 rings (SSSR count). The first-order valence-corrected chi connectivity index (χ1v) is 7.08. The molecule has 22 heavy (non-hydrogen) atoms. The summed E-state index contributed by atoms with van der Waals surface area (Å²) in [6.07, 6.45) is 2.11. The predicted molar refractivity (Wildman–Crippen MR) is 95.3 cm³/mol. The SMILES string of the molecule is CN=C(NCc1ccc(O)c(F)c1)NCC1(C)CCCO1.I. The number of phenols is 1. The summed E-state index contributed by atoms with van der Waals surface area (Å²) in [6, 6.07) is 4.31. The number of phenolic OH excluding ortho intramolecular Hbond substituents is 1. The molecule has 124 valence electrons. The number of aliphatic imine (C=N–C) groups is 1. The number of aromatic hydroxyl groups is 1. The van der Waals surface area contributed by atoms with E-state index in [0.717, 1.165) is 25.0 Å². The molecule has 0 radical (unpaired) electrons. The molecule has 0 bridgehead atoms. The van der Waals surface area contributed by atoms with Crippen molar-refractivity contribution in [2.45, 2.75) is 31.9 Å². The first-order valence-electron chi connectivity index (χ1n) is 7.08. The van der Waals surface area contributed by atoms with Gasteiger partial charge in [0.15, 0.2) is 17.5 Å². The minimum absolute atomic E-state index is 0. The summed E-state index contributed by atoms with van der Waals surface area (Å²) >= 11 is 0. The van der Waals surface area contributed by atoms with Crippen LogP contribution >= 0.6 is 24.0 Å². The zero-order valence-corrected chi connectivity index (χ0v) is 15.2. The van der Waals surface area contributed by atoms with Gasteiger partial charge in [-0.2, -0.15) is 0 Å². The van der Waals surface area contributed by atoms with E-state index in [2.05, 4.69) is 22.5 Å². The highest BCUT2D eigenvalue weighted by molar-refractivity contribution is 14.0. The monoisotopic (exact) mass is 423 g/mol. The van der Waals surface area contributed by atoms with Crippen LogP contribution in [0.5, 0.6) is 5.75 Å². The number of nitrogens with zero attached hydrogens (tertiary/aromatic N) is 1. The van der Waals surface area contributed by atoms with Crippen molar-refractivity contribution in [3.63, 3.8) is 0 Å². The van der Waals surface area contributed by atoms with Crippen LogP contribution < -0.4 is 10.6 Å². The van der Waals surface area contributed by atoms with Crippen LogP contribution in [-0.2, 0) is 11.3 Å².